The summed E-state index contributed by atoms with van der Waals surface area (Å²) >= 11 is 12.1. The van der Waals surface area contributed by atoms with Crippen LogP contribution in [0.2, 0.25) is 10.0 Å². The lowest BCUT2D eigenvalue weighted by Gasteiger charge is -2.11. The van der Waals surface area contributed by atoms with Crippen molar-refractivity contribution in [1.82, 2.24) is 15.0 Å². The van der Waals surface area contributed by atoms with Crippen molar-refractivity contribution in [2.24, 2.45) is 10.7 Å². The van der Waals surface area contributed by atoms with Gasteiger partial charge < -0.3 is 5.73 Å². The molecule has 8 nitrogen and oxygen atoms in total. The Labute approximate surface area is 206 Å². The normalized spacial score (nSPS) is 12.4. The molecule has 0 spiro atoms. The molecule has 172 valence electrons. The molecule has 0 aliphatic heterocycles. The van der Waals surface area contributed by atoms with Gasteiger partial charge in [0.15, 0.2) is 0 Å². The summed E-state index contributed by atoms with van der Waals surface area (Å²) in [6, 6.07) is 11.6. The predicted molar refractivity (Wildman–Crippen MR) is 137 cm³/mol. The van der Waals surface area contributed by atoms with Crippen molar-refractivity contribution in [3.05, 3.63) is 83.0 Å². The van der Waals surface area contributed by atoms with E-state index in [1.54, 1.807) is 31.7 Å². The molecular weight excluding hydrogens is 495 g/mol. The highest BCUT2D eigenvalue weighted by Crippen LogP contribution is 2.31. The molecule has 0 fully saturated rings. The average Bonchev–Trinajstić information content (AvgIpc) is 2.83. The number of rotatable bonds is 6. The SMILES string of the molecule is CN=C/C(=C\N)c1cnc2ccc(-c3cncc(NS(=O)(=O)c4cccc(Cl)c4Cl)c3)cc2n1. The van der Waals surface area contributed by atoms with Crippen molar-refractivity contribution in [2.75, 3.05) is 11.8 Å². The zero-order valence-electron chi connectivity index (χ0n) is 17.8. The Hall–Kier alpha value is -3.53. The van der Waals surface area contributed by atoms with Gasteiger partial charge in [-0.1, -0.05) is 35.3 Å². The molecule has 2 aromatic carbocycles. The molecule has 0 atom stereocenters. The highest BCUT2D eigenvalue weighted by atomic mass is 35.5. The number of benzene rings is 2. The number of hydrogen-bond donors (Lipinski definition) is 2. The first kappa shape index (κ1) is 23.6. The Bertz CT molecular complexity index is 1550. The number of allylic oxidation sites excluding steroid dienone is 1. The number of nitrogens with one attached hydrogen (secondary N) is 1. The molecule has 0 saturated heterocycles. The summed E-state index contributed by atoms with van der Waals surface area (Å²) in [7, 11) is -2.34. The van der Waals surface area contributed by atoms with Crippen LogP contribution >= 0.6 is 23.2 Å². The van der Waals surface area contributed by atoms with E-state index in [0.717, 1.165) is 5.56 Å². The molecule has 34 heavy (non-hydrogen) atoms. The number of halogens is 2. The van der Waals surface area contributed by atoms with Gasteiger partial charge in [0, 0.05) is 36.8 Å². The van der Waals surface area contributed by atoms with E-state index >= 15 is 0 Å². The molecule has 3 N–H and O–H groups in total. The van der Waals surface area contributed by atoms with E-state index < -0.39 is 10.0 Å². The maximum Gasteiger partial charge on any atom is 0.263 e. The summed E-state index contributed by atoms with van der Waals surface area (Å²) in [6.45, 7) is 0. The van der Waals surface area contributed by atoms with Crippen LogP contribution in [0.5, 0.6) is 0 Å². The number of anilines is 1. The first-order valence-corrected chi connectivity index (χ1v) is 12.1. The quantitative estimate of drug-likeness (QED) is 0.357. The third-order valence-corrected chi connectivity index (χ3v) is 7.17. The number of nitrogens with zero attached hydrogens (tertiary/aromatic N) is 4. The van der Waals surface area contributed by atoms with Gasteiger partial charge in [0.1, 0.15) is 4.90 Å². The number of nitrogens with two attached hydrogens (primary N) is 1. The van der Waals surface area contributed by atoms with Gasteiger partial charge in [0.2, 0.25) is 0 Å². The lowest BCUT2D eigenvalue weighted by Crippen LogP contribution is -2.13. The molecule has 0 bridgehead atoms. The van der Waals surface area contributed by atoms with Crippen LogP contribution in [0.15, 0.2) is 77.1 Å². The van der Waals surface area contributed by atoms with Crippen molar-refractivity contribution in [2.45, 2.75) is 4.90 Å². The summed E-state index contributed by atoms with van der Waals surface area (Å²) in [6.07, 6.45) is 7.67. The highest BCUT2D eigenvalue weighted by Gasteiger charge is 2.20. The second-order valence-electron chi connectivity index (χ2n) is 7.09. The lowest BCUT2D eigenvalue weighted by atomic mass is 10.1. The molecule has 4 aromatic rings. The van der Waals surface area contributed by atoms with Crippen molar-refractivity contribution in [3.63, 3.8) is 0 Å². The smallest absolute Gasteiger partial charge is 0.263 e. The summed E-state index contributed by atoms with van der Waals surface area (Å²) in [4.78, 5) is 17.1. The van der Waals surface area contributed by atoms with Gasteiger partial charge in [0.05, 0.1) is 44.9 Å². The van der Waals surface area contributed by atoms with Gasteiger partial charge in [-0.3, -0.25) is 19.7 Å². The topological polar surface area (TPSA) is 123 Å². The van der Waals surface area contributed by atoms with Gasteiger partial charge in [0.25, 0.3) is 10.0 Å². The van der Waals surface area contributed by atoms with Crippen molar-refractivity contribution >= 4 is 61.7 Å². The third-order valence-electron chi connectivity index (χ3n) is 4.82. The summed E-state index contributed by atoms with van der Waals surface area (Å²) in [5.41, 5.74) is 9.94. The number of hydrogen-bond acceptors (Lipinski definition) is 7. The van der Waals surface area contributed by atoms with Crippen molar-refractivity contribution in [1.29, 1.82) is 0 Å². The Morgan fingerprint density at radius 2 is 1.88 bits per heavy atom. The third kappa shape index (κ3) is 4.86. The second-order valence-corrected chi connectivity index (χ2v) is 9.52. The molecule has 4 rings (SSSR count). The lowest BCUT2D eigenvalue weighted by molar-refractivity contribution is 0.601. The Balaban J connectivity index is 1.69. The van der Waals surface area contributed by atoms with E-state index in [0.29, 0.717) is 27.9 Å². The van der Waals surface area contributed by atoms with Crippen LogP contribution in [0.4, 0.5) is 5.69 Å². The zero-order chi connectivity index (χ0) is 24.3. The van der Waals surface area contributed by atoms with Crippen LogP contribution in [0.25, 0.3) is 27.7 Å². The fraction of sp³-hybridized carbons (Fsp3) is 0.0435. The van der Waals surface area contributed by atoms with E-state index in [2.05, 4.69) is 24.7 Å². The average molecular weight is 513 g/mol. The molecule has 0 radical (unpaired) electrons. The van der Waals surface area contributed by atoms with Gasteiger partial charge in [-0.25, -0.2) is 13.4 Å². The molecule has 11 heteroatoms. The van der Waals surface area contributed by atoms with Crippen LogP contribution in [-0.4, -0.2) is 36.6 Å². The summed E-state index contributed by atoms with van der Waals surface area (Å²) in [5.74, 6) is 0. The zero-order valence-corrected chi connectivity index (χ0v) is 20.1. The van der Waals surface area contributed by atoms with Gasteiger partial charge >= 0.3 is 0 Å². The van der Waals surface area contributed by atoms with Crippen LogP contribution in [0, 0.1) is 0 Å². The molecule has 0 amide bonds. The highest BCUT2D eigenvalue weighted by molar-refractivity contribution is 7.92. The Morgan fingerprint density at radius 3 is 2.65 bits per heavy atom. The Kier molecular flexibility index (Phi) is 6.78. The molecule has 0 aliphatic rings. The predicted octanol–water partition coefficient (Wildman–Crippen LogP) is 4.80. The first-order valence-electron chi connectivity index (χ1n) is 9.86. The van der Waals surface area contributed by atoms with E-state index in [9.17, 15) is 8.42 Å². The minimum atomic E-state index is -3.98. The van der Waals surface area contributed by atoms with E-state index in [1.807, 2.05) is 18.2 Å². The maximum atomic E-state index is 12.9. The number of sulfonamides is 1. The van der Waals surface area contributed by atoms with Crippen LogP contribution < -0.4 is 10.5 Å². The minimum absolute atomic E-state index is 0.0521. The molecule has 2 aromatic heterocycles. The largest absolute Gasteiger partial charge is 0.404 e. The number of aliphatic imine (C=N–C) groups is 1. The van der Waals surface area contributed by atoms with Crippen LogP contribution in [0.3, 0.4) is 0 Å². The molecule has 0 unspecified atom stereocenters. The number of pyridine rings is 1. The van der Waals surface area contributed by atoms with E-state index in [4.69, 9.17) is 28.9 Å². The Morgan fingerprint density at radius 1 is 1.06 bits per heavy atom. The summed E-state index contributed by atoms with van der Waals surface area (Å²) < 4.78 is 28.2. The summed E-state index contributed by atoms with van der Waals surface area (Å²) in [5, 5.41) is 0.0922. The molecule has 0 aliphatic carbocycles. The first-order chi connectivity index (χ1) is 16.3. The maximum absolute atomic E-state index is 12.9. The van der Waals surface area contributed by atoms with Crippen LogP contribution in [0.1, 0.15) is 5.69 Å². The fourth-order valence-corrected chi connectivity index (χ4v) is 5.02. The molecule has 2 heterocycles. The van der Waals surface area contributed by atoms with Gasteiger partial charge in [-0.15, -0.1) is 0 Å². The molecular formula is C23H18Cl2N6O2S. The molecule has 0 saturated carbocycles. The monoisotopic (exact) mass is 512 g/mol. The van der Waals surface area contributed by atoms with Gasteiger partial charge in [-0.05, 0) is 35.9 Å². The number of aromatic nitrogens is 3. The van der Waals surface area contributed by atoms with Crippen LogP contribution in [-0.2, 0) is 10.0 Å². The van der Waals surface area contributed by atoms with Gasteiger partial charge in [-0.2, -0.15) is 0 Å². The van der Waals surface area contributed by atoms with Crippen molar-refractivity contribution < 1.29 is 8.42 Å². The fourth-order valence-electron chi connectivity index (χ4n) is 3.22. The van der Waals surface area contributed by atoms with Crippen molar-refractivity contribution in [3.8, 4) is 11.1 Å². The standard InChI is InChI=1S/C23H18Cl2N6O2S/c1-27-10-16(9-26)21-13-29-19-6-5-14(8-20(19)30-21)15-7-17(12-28-11-15)31-34(32,33)22-4-2-3-18(24)23(22)25/h2-13,31H,26H2,1H3/b16-9+,27-10?. The van der Waals surface area contributed by atoms with E-state index in [-0.39, 0.29) is 20.6 Å². The second kappa shape index (κ2) is 9.76. The minimum Gasteiger partial charge on any atom is -0.404 e. The number of fused-ring (bicyclic) bond motifs is 1. The van der Waals surface area contributed by atoms with E-state index in [1.165, 1.54) is 30.6 Å².